The Morgan fingerprint density at radius 1 is 1.29 bits per heavy atom. The van der Waals surface area contributed by atoms with Crippen LogP contribution < -0.4 is 10.1 Å². The summed E-state index contributed by atoms with van der Waals surface area (Å²) >= 11 is 0. The minimum Gasteiger partial charge on any atom is -0.497 e. The van der Waals surface area contributed by atoms with Gasteiger partial charge in [-0.3, -0.25) is 10.1 Å². The zero-order valence-corrected chi connectivity index (χ0v) is 12.9. The van der Waals surface area contributed by atoms with E-state index in [2.05, 4.69) is 12.2 Å². The van der Waals surface area contributed by atoms with Crippen molar-refractivity contribution in [2.24, 2.45) is 5.41 Å². The molecule has 0 spiro atoms. The number of ether oxygens (including phenoxy) is 1. The monoisotopic (exact) mass is 288 g/mol. The van der Waals surface area contributed by atoms with E-state index in [-0.39, 0.29) is 17.5 Å². The standard InChI is InChI=1S/C17H24N2O2/c1-17(9-3-4-10-17)12-19-15(20)11-18-16(19)13-5-7-14(21-2)8-6-13/h5-8,16,18H,3-4,9-12H2,1-2H3. The van der Waals surface area contributed by atoms with Crippen LogP contribution in [0.4, 0.5) is 0 Å². The Balaban J connectivity index is 1.78. The fourth-order valence-electron chi connectivity index (χ4n) is 3.60. The van der Waals surface area contributed by atoms with Crippen molar-refractivity contribution in [2.75, 3.05) is 20.2 Å². The Morgan fingerprint density at radius 3 is 2.57 bits per heavy atom. The van der Waals surface area contributed by atoms with Crippen LogP contribution in [0.1, 0.15) is 44.3 Å². The molecule has 1 aliphatic heterocycles. The zero-order chi connectivity index (χ0) is 14.9. The molecule has 0 aromatic heterocycles. The quantitative estimate of drug-likeness (QED) is 0.926. The normalized spacial score (nSPS) is 24.6. The molecule has 1 saturated heterocycles. The summed E-state index contributed by atoms with van der Waals surface area (Å²) in [5, 5.41) is 3.34. The Morgan fingerprint density at radius 2 is 1.95 bits per heavy atom. The average Bonchev–Trinajstić information content (AvgIpc) is 3.07. The predicted molar refractivity (Wildman–Crippen MR) is 82.0 cm³/mol. The van der Waals surface area contributed by atoms with E-state index >= 15 is 0 Å². The van der Waals surface area contributed by atoms with E-state index in [1.54, 1.807) is 7.11 Å². The van der Waals surface area contributed by atoms with Gasteiger partial charge in [-0.2, -0.15) is 0 Å². The minimum absolute atomic E-state index is 0.000770. The topological polar surface area (TPSA) is 41.6 Å². The number of hydrogen-bond acceptors (Lipinski definition) is 3. The van der Waals surface area contributed by atoms with E-state index in [1.807, 2.05) is 29.2 Å². The van der Waals surface area contributed by atoms with Gasteiger partial charge in [-0.25, -0.2) is 0 Å². The van der Waals surface area contributed by atoms with E-state index < -0.39 is 0 Å². The smallest absolute Gasteiger partial charge is 0.238 e. The van der Waals surface area contributed by atoms with Gasteiger partial charge in [0.2, 0.25) is 5.91 Å². The first kappa shape index (κ1) is 14.4. The van der Waals surface area contributed by atoms with Gasteiger partial charge in [-0.1, -0.05) is 31.9 Å². The second-order valence-electron chi connectivity index (χ2n) is 6.60. The van der Waals surface area contributed by atoms with E-state index in [9.17, 15) is 4.79 Å². The van der Waals surface area contributed by atoms with E-state index in [0.717, 1.165) is 17.9 Å². The highest BCUT2D eigenvalue weighted by molar-refractivity contribution is 5.81. The summed E-state index contributed by atoms with van der Waals surface area (Å²) in [6.45, 7) is 3.61. The maximum absolute atomic E-state index is 12.2. The lowest BCUT2D eigenvalue weighted by Crippen LogP contribution is -2.38. The second-order valence-corrected chi connectivity index (χ2v) is 6.60. The maximum atomic E-state index is 12.2. The van der Waals surface area contributed by atoms with Gasteiger partial charge in [0.1, 0.15) is 11.9 Å². The lowest BCUT2D eigenvalue weighted by Gasteiger charge is -2.33. The van der Waals surface area contributed by atoms with Crippen molar-refractivity contribution in [3.63, 3.8) is 0 Å². The number of nitrogens with zero attached hydrogens (tertiary/aromatic N) is 1. The van der Waals surface area contributed by atoms with Gasteiger partial charge in [-0.15, -0.1) is 0 Å². The number of methoxy groups -OCH3 is 1. The molecule has 1 aromatic carbocycles. The summed E-state index contributed by atoms with van der Waals surface area (Å²) in [4.78, 5) is 14.3. The van der Waals surface area contributed by atoms with Crippen molar-refractivity contribution < 1.29 is 9.53 Å². The highest BCUT2D eigenvalue weighted by atomic mass is 16.5. The van der Waals surface area contributed by atoms with Crippen molar-refractivity contribution in [1.29, 1.82) is 0 Å². The van der Waals surface area contributed by atoms with Crippen molar-refractivity contribution >= 4 is 5.91 Å². The Kier molecular flexibility index (Phi) is 3.89. The molecular weight excluding hydrogens is 264 g/mol. The van der Waals surface area contributed by atoms with Crippen LogP contribution in [0.3, 0.4) is 0 Å². The van der Waals surface area contributed by atoms with Gasteiger partial charge in [0.15, 0.2) is 0 Å². The predicted octanol–water partition coefficient (Wildman–Crippen LogP) is 2.71. The molecule has 114 valence electrons. The number of benzene rings is 1. The highest BCUT2D eigenvalue weighted by Gasteiger charge is 2.38. The van der Waals surface area contributed by atoms with Crippen LogP contribution in [0.15, 0.2) is 24.3 Å². The number of hydrogen-bond donors (Lipinski definition) is 1. The second kappa shape index (κ2) is 5.68. The molecule has 2 aliphatic rings. The molecule has 1 unspecified atom stereocenters. The lowest BCUT2D eigenvalue weighted by molar-refractivity contribution is -0.129. The summed E-state index contributed by atoms with van der Waals surface area (Å²) in [7, 11) is 1.67. The highest BCUT2D eigenvalue weighted by Crippen LogP contribution is 2.40. The Bertz CT molecular complexity index is 506. The van der Waals surface area contributed by atoms with Gasteiger partial charge >= 0.3 is 0 Å². The molecule has 2 fully saturated rings. The summed E-state index contributed by atoms with van der Waals surface area (Å²) in [5.41, 5.74) is 1.41. The summed E-state index contributed by atoms with van der Waals surface area (Å²) in [5.74, 6) is 1.06. The molecule has 1 amide bonds. The molecule has 4 heteroatoms. The summed E-state index contributed by atoms with van der Waals surface area (Å²) in [6, 6.07) is 7.99. The molecule has 0 radical (unpaired) electrons. The SMILES string of the molecule is COc1ccc(C2NCC(=O)N2CC2(C)CCCC2)cc1. The van der Waals surface area contributed by atoms with Crippen LogP contribution in [0.5, 0.6) is 5.75 Å². The third-order valence-corrected chi connectivity index (χ3v) is 4.87. The molecule has 1 aliphatic carbocycles. The number of carbonyl (C=O) groups is 1. The van der Waals surface area contributed by atoms with Crippen molar-refractivity contribution in [3.8, 4) is 5.75 Å². The largest absolute Gasteiger partial charge is 0.497 e. The van der Waals surface area contributed by atoms with Crippen LogP contribution >= 0.6 is 0 Å². The molecular formula is C17H24N2O2. The number of amides is 1. The van der Waals surface area contributed by atoms with Crippen molar-refractivity contribution in [3.05, 3.63) is 29.8 Å². The van der Waals surface area contributed by atoms with E-state index in [4.69, 9.17) is 4.74 Å². The van der Waals surface area contributed by atoms with Crippen molar-refractivity contribution in [1.82, 2.24) is 10.2 Å². The molecule has 21 heavy (non-hydrogen) atoms. The van der Waals surface area contributed by atoms with E-state index in [1.165, 1.54) is 25.7 Å². The first-order chi connectivity index (χ1) is 10.1. The average molecular weight is 288 g/mol. The van der Waals surface area contributed by atoms with Gasteiger partial charge in [-0.05, 0) is 36.0 Å². The fraction of sp³-hybridized carbons (Fsp3) is 0.588. The van der Waals surface area contributed by atoms with E-state index in [0.29, 0.717) is 6.54 Å². The molecule has 1 heterocycles. The Labute approximate surface area is 126 Å². The zero-order valence-electron chi connectivity index (χ0n) is 12.9. The van der Waals surface area contributed by atoms with Crippen LogP contribution in [0.2, 0.25) is 0 Å². The summed E-state index contributed by atoms with van der Waals surface area (Å²) < 4.78 is 5.20. The van der Waals surface area contributed by atoms with Gasteiger partial charge < -0.3 is 9.64 Å². The van der Waals surface area contributed by atoms with Gasteiger partial charge in [0.05, 0.1) is 13.7 Å². The number of rotatable bonds is 4. The van der Waals surface area contributed by atoms with Crippen molar-refractivity contribution in [2.45, 2.75) is 38.8 Å². The van der Waals surface area contributed by atoms with Crippen LogP contribution in [0, 0.1) is 5.41 Å². The first-order valence-corrected chi connectivity index (χ1v) is 7.78. The molecule has 1 aromatic rings. The first-order valence-electron chi connectivity index (χ1n) is 7.78. The molecule has 1 atom stereocenters. The van der Waals surface area contributed by atoms with Gasteiger partial charge in [0.25, 0.3) is 0 Å². The number of carbonyl (C=O) groups excluding carboxylic acids is 1. The number of nitrogens with one attached hydrogen (secondary N) is 1. The molecule has 4 nitrogen and oxygen atoms in total. The minimum atomic E-state index is 0.000770. The van der Waals surface area contributed by atoms with Crippen LogP contribution in [-0.2, 0) is 4.79 Å². The maximum Gasteiger partial charge on any atom is 0.238 e. The summed E-state index contributed by atoms with van der Waals surface area (Å²) in [6.07, 6.45) is 5.04. The third kappa shape index (κ3) is 2.91. The van der Waals surface area contributed by atoms with Crippen LogP contribution in [0.25, 0.3) is 0 Å². The third-order valence-electron chi connectivity index (χ3n) is 4.87. The molecule has 3 rings (SSSR count). The molecule has 1 saturated carbocycles. The lowest BCUT2D eigenvalue weighted by atomic mass is 9.88. The molecule has 0 bridgehead atoms. The van der Waals surface area contributed by atoms with Crippen LogP contribution in [-0.4, -0.2) is 31.0 Å². The Hall–Kier alpha value is -1.55. The van der Waals surface area contributed by atoms with Gasteiger partial charge in [0, 0.05) is 6.54 Å². The molecule has 1 N–H and O–H groups in total. The fourth-order valence-corrected chi connectivity index (χ4v) is 3.60.